The molecule has 3 aromatic carbocycles. The van der Waals surface area contributed by atoms with Crippen molar-refractivity contribution in [3.63, 3.8) is 0 Å². The van der Waals surface area contributed by atoms with Gasteiger partial charge in [-0.2, -0.15) is 0 Å². The third kappa shape index (κ3) is 6.41. The summed E-state index contributed by atoms with van der Waals surface area (Å²) in [5.41, 5.74) is 3.39. The quantitative estimate of drug-likeness (QED) is 0.368. The van der Waals surface area contributed by atoms with E-state index in [9.17, 15) is 19.2 Å². The predicted octanol–water partition coefficient (Wildman–Crippen LogP) is 4.34. The van der Waals surface area contributed by atoms with Gasteiger partial charge in [-0.3, -0.25) is 24.1 Å². The highest BCUT2D eigenvalue weighted by Gasteiger charge is 2.37. The van der Waals surface area contributed by atoms with Crippen LogP contribution < -0.4 is 19.5 Å². The minimum absolute atomic E-state index is 0.198. The maximum atomic E-state index is 13.1. The Morgan fingerprint density at radius 2 is 1.67 bits per heavy atom. The maximum absolute atomic E-state index is 13.1. The molecule has 0 atom stereocenters. The lowest BCUT2D eigenvalue weighted by Gasteiger charge is -2.29. The monoisotopic (exact) mass is 587 g/mol. The molecule has 2 aliphatic heterocycles. The molecule has 0 aliphatic carbocycles. The summed E-state index contributed by atoms with van der Waals surface area (Å²) < 4.78 is 16.3. The lowest BCUT2D eigenvalue weighted by Crippen LogP contribution is -2.44. The van der Waals surface area contributed by atoms with Crippen molar-refractivity contribution >= 4 is 46.5 Å². The zero-order valence-corrected chi connectivity index (χ0v) is 23.9. The third-order valence-electron chi connectivity index (χ3n) is 6.88. The van der Waals surface area contributed by atoms with E-state index in [0.29, 0.717) is 41.6 Å². The van der Waals surface area contributed by atoms with Crippen molar-refractivity contribution in [2.24, 2.45) is 0 Å². The third-order valence-corrected chi connectivity index (χ3v) is 7.78. The number of para-hydroxylation sites is 2. The van der Waals surface area contributed by atoms with Crippen molar-refractivity contribution in [2.45, 2.75) is 13.0 Å². The van der Waals surface area contributed by atoms with E-state index >= 15 is 0 Å². The number of hydrogen-bond acceptors (Lipinski definition) is 8. The van der Waals surface area contributed by atoms with Crippen LogP contribution in [0.1, 0.15) is 16.7 Å². The lowest BCUT2D eigenvalue weighted by atomic mass is 10.00. The molecule has 0 aromatic heterocycles. The molecule has 2 heterocycles. The number of rotatable bonds is 9. The molecule has 3 aromatic rings. The number of hydrogen-bond donors (Lipinski definition) is 1. The number of fused-ring (bicyclic) bond motifs is 1. The van der Waals surface area contributed by atoms with Gasteiger partial charge in [0.15, 0.2) is 18.1 Å². The van der Waals surface area contributed by atoms with Gasteiger partial charge in [0, 0.05) is 13.1 Å². The fourth-order valence-corrected chi connectivity index (χ4v) is 5.54. The van der Waals surface area contributed by atoms with Crippen LogP contribution >= 0.6 is 11.8 Å². The van der Waals surface area contributed by atoms with Crippen LogP contribution in [0.3, 0.4) is 0 Å². The van der Waals surface area contributed by atoms with Gasteiger partial charge >= 0.3 is 0 Å². The molecule has 0 saturated carbocycles. The first-order valence-corrected chi connectivity index (χ1v) is 14.0. The lowest BCUT2D eigenvalue weighted by molar-refractivity contribution is -0.136. The van der Waals surface area contributed by atoms with Crippen molar-refractivity contribution in [1.82, 2.24) is 9.80 Å². The van der Waals surface area contributed by atoms with Crippen molar-refractivity contribution < 1.29 is 33.4 Å². The van der Waals surface area contributed by atoms with Gasteiger partial charge in [0.05, 0.1) is 24.8 Å². The van der Waals surface area contributed by atoms with Crippen LogP contribution in [-0.2, 0) is 27.3 Å². The smallest absolute Gasteiger partial charge is 0.294 e. The van der Waals surface area contributed by atoms with Gasteiger partial charge in [-0.25, -0.2) is 0 Å². The Labute approximate surface area is 247 Å². The molecule has 216 valence electrons. The number of nitrogens with zero attached hydrogens (tertiary/aromatic N) is 2. The molecular formula is C31H29N3O7S. The predicted molar refractivity (Wildman–Crippen MR) is 158 cm³/mol. The number of thioether (sulfide) groups is 1. The Hall–Kier alpha value is -4.77. The second-order valence-corrected chi connectivity index (χ2v) is 10.5. The molecule has 5 rings (SSSR count). The highest BCUT2D eigenvalue weighted by Crippen LogP contribution is 2.35. The Bertz CT molecular complexity index is 1570. The first-order valence-electron chi connectivity index (χ1n) is 13.2. The number of amides is 4. The van der Waals surface area contributed by atoms with E-state index < -0.39 is 11.1 Å². The van der Waals surface area contributed by atoms with Crippen LogP contribution in [0.25, 0.3) is 6.08 Å². The molecule has 0 unspecified atom stereocenters. The number of benzene rings is 3. The highest BCUT2D eigenvalue weighted by molar-refractivity contribution is 8.18. The summed E-state index contributed by atoms with van der Waals surface area (Å²) in [5, 5.41) is 2.24. The van der Waals surface area contributed by atoms with E-state index in [0.717, 1.165) is 28.6 Å². The minimum atomic E-state index is -0.525. The van der Waals surface area contributed by atoms with Crippen LogP contribution in [-0.4, -0.2) is 66.7 Å². The fourth-order valence-electron chi connectivity index (χ4n) is 4.70. The molecular weight excluding hydrogens is 558 g/mol. The summed E-state index contributed by atoms with van der Waals surface area (Å²) >= 11 is 0.782. The Balaban J connectivity index is 1.20. The van der Waals surface area contributed by atoms with Gasteiger partial charge in [-0.15, -0.1) is 0 Å². The summed E-state index contributed by atoms with van der Waals surface area (Å²) in [6.45, 7) is 0.413. The van der Waals surface area contributed by atoms with Crippen molar-refractivity contribution in [3.05, 3.63) is 88.3 Å². The first kappa shape index (κ1) is 28.7. The zero-order chi connectivity index (χ0) is 29.6. The minimum Gasteiger partial charge on any atom is -0.495 e. The zero-order valence-electron chi connectivity index (χ0n) is 23.1. The Morgan fingerprint density at radius 3 is 2.45 bits per heavy atom. The topological polar surface area (TPSA) is 114 Å². The molecule has 0 spiro atoms. The highest BCUT2D eigenvalue weighted by atomic mass is 32.2. The fraction of sp³-hybridized carbons (Fsp3) is 0.226. The summed E-state index contributed by atoms with van der Waals surface area (Å²) in [5.74, 6) is 0.00995. The summed E-state index contributed by atoms with van der Waals surface area (Å²) in [6.07, 6.45) is 2.30. The van der Waals surface area contributed by atoms with E-state index in [1.165, 1.54) is 19.8 Å². The van der Waals surface area contributed by atoms with Gasteiger partial charge < -0.3 is 24.4 Å². The number of anilines is 1. The average Bonchev–Trinajstić information content (AvgIpc) is 3.27. The Kier molecular flexibility index (Phi) is 8.77. The molecule has 2 aliphatic rings. The molecule has 42 heavy (non-hydrogen) atoms. The van der Waals surface area contributed by atoms with Crippen molar-refractivity contribution in [1.29, 1.82) is 0 Å². The second-order valence-electron chi connectivity index (χ2n) is 9.55. The van der Waals surface area contributed by atoms with E-state index in [-0.39, 0.29) is 29.9 Å². The van der Waals surface area contributed by atoms with E-state index in [4.69, 9.17) is 14.2 Å². The molecule has 1 fully saturated rings. The molecule has 1 saturated heterocycles. The summed E-state index contributed by atoms with van der Waals surface area (Å²) in [7, 11) is 2.97. The largest absolute Gasteiger partial charge is 0.495 e. The first-order chi connectivity index (χ1) is 20.4. The van der Waals surface area contributed by atoms with Crippen molar-refractivity contribution in [3.8, 4) is 17.2 Å². The second kappa shape index (κ2) is 12.8. The van der Waals surface area contributed by atoms with Gasteiger partial charge in [0.2, 0.25) is 5.91 Å². The van der Waals surface area contributed by atoms with Gasteiger partial charge in [0.25, 0.3) is 17.1 Å². The number of ether oxygens (including phenoxy) is 3. The molecule has 4 amide bonds. The standard InChI is InChI=1S/C31H29N3O7S/c1-39-24-10-6-5-9-23(24)32-28(35)19-41-25-12-11-20(15-26(25)40-2)16-27-30(37)34(31(38)42-27)18-29(36)33-14-13-21-7-3-4-8-22(21)17-33/h3-12,15-16H,13-14,17-19H2,1-2H3,(H,32,35)/b27-16-. The molecule has 1 N–H and O–H groups in total. The van der Waals surface area contributed by atoms with Crippen LogP contribution in [0, 0.1) is 0 Å². The molecule has 0 radical (unpaired) electrons. The number of carbonyl (C=O) groups is 4. The number of nitrogens with one attached hydrogen (secondary N) is 1. The van der Waals surface area contributed by atoms with Crippen LogP contribution in [0.2, 0.25) is 0 Å². The number of carbonyl (C=O) groups excluding carboxylic acids is 4. The van der Waals surface area contributed by atoms with E-state index in [1.54, 1.807) is 53.4 Å². The normalized spacial score (nSPS) is 15.4. The van der Waals surface area contributed by atoms with Gasteiger partial charge in [-0.05, 0) is 65.2 Å². The van der Waals surface area contributed by atoms with Crippen LogP contribution in [0.5, 0.6) is 17.2 Å². The number of imide groups is 1. The summed E-state index contributed by atoms with van der Waals surface area (Å²) in [6, 6.07) is 19.9. The van der Waals surface area contributed by atoms with E-state index in [2.05, 4.69) is 5.32 Å². The molecule has 11 heteroatoms. The van der Waals surface area contributed by atoms with Crippen LogP contribution in [0.4, 0.5) is 10.5 Å². The van der Waals surface area contributed by atoms with Crippen molar-refractivity contribution in [2.75, 3.05) is 39.2 Å². The maximum Gasteiger partial charge on any atom is 0.294 e. The van der Waals surface area contributed by atoms with Gasteiger partial charge in [-0.1, -0.05) is 42.5 Å². The van der Waals surface area contributed by atoms with Crippen LogP contribution in [0.15, 0.2) is 71.6 Å². The molecule has 0 bridgehead atoms. The number of methoxy groups -OCH3 is 2. The van der Waals surface area contributed by atoms with E-state index in [1.807, 2.05) is 24.3 Å². The Morgan fingerprint density at radius 1 is 0.929 bits per heavy atom. The molecule has 10 nitrogen and oxygen atoms in total. The average molecular weight is 588 g/mol. The van der Waals surface area contributed by atoms with Gasteiger partial charge in [0.1, 0.15) is 12.3 Å². The SMILES string of the molecule is COc1ccccc1NC(=O)COc1ccc(/C=C2\SC(=O)N(CC(=O)N3CCc4ccccc4C3)C2=O)cc1OC. The summed E-state index contributed by atoms with van der Waals surface area (Å²) in [4.78, 5) is 54.0.